The van der Waals surface area contributed by atoms with Crippen LogP contribution in [0.2, 0.25) is 0 Å². The van der Waals surface area contributed by atoms with Crippen LogP contribution < -0.4 is 0 Å². The van der Waals surface area contributed by atoms with Gasteiger partial charge < -0.3 is 0 Å². The van der Waals surface area contributed by atoms with E-state index in [-0.39, 0.29) is 0 Å². The Morgan fingerprint density at radius 1 is 1.75 bits per heavy atom. The number of aryl methyl sites for hydroxylation is 1. The van der Waals surface area contributed by atoms with Crippen LogP contribution in [0.25, 0.3) is 0 Å². The lowest BCUT2D eigenvalue weighted by Crippen LogP contribution is -1.83. The van der Waals surface area contributed by atoms with Crippen LogP contribution in [0.4, 0.5) is 0 Å². The molecule has 0 bridgehead atoms. The summed E-state index contributed by atoms with van der Waals surface area (Å²) in [7, 11) is 0. The van der Waals surface area contributed by atoms with Gasteiger partial charge in [0, 0.05) is 28.1 Å². The lowest BCUT2D eigenvalue weighted by atomic mass is 10.3. The Morgan fingerprint density at radius 2 is 2.50 bits per heavy atom. The van der Waals surface area contributed by atoms with Gasteiger partial charge in [0.25, 0.3) is 0 Å². The standard InChI is InChI=1S/C9H10ClNS/c1-7-5-11-4-3-9(7)12-6-8(2)10/h3-5H,2,6H2,1H3. The normalized spacial score (nSPS) is 9.83. The monoisotopic (exact) mass is 199 g/mol. The molecule has 0 aliphatic heterocycles. The van der Waals surface area contributed by atoms with Gasteiger partial charge in [0.1, 0.15) is 0 Å². The maximum atomic E-state index is 5.65. The van der Waals surface area contributed by atoms with E-state index in [9.17, 15) is 0 Å². The lowest BCUT2D eigenvalue weighted by molar-refractivity contribution is 1.18. The van der Waals surface area contributed by atoms with E-state index < -0.39 is 0 Å². The average molecular weight is 200 g/mol. The van der Waals surface area contributed by atoms with Crippen LogP contribution in [-0.2, 0) is 0 Å². The van der Waals surface area contributed by atoms with Gasteiger partial charge >= 0.3 is 0 Å². The average Bonchev–Trinajstić information content (AvgIpc) is 2.03. The molecule has 0 aliphatic carbocycles. The second kappa shape index (κ2) is 4.53. The molecule has 1 rings (SSSR count). The molecule has 1 aromatic heterocycles. The van der Waals surface area contributed by atoms with Crippen molar-refractivity contribution in [2.24, 2.45) is 0 Å². The summed E-state index contributed by atoms with van der Waals surface area (Å²) in [5.74, 6) is 0.756. The Labute approximate surface area is 81.8 Å². The number of aromatic nitrogens is 1. The summed E-state index contributed by atoms with van der Waals surface area (Å²) >= 11 is 7.33. The summed E-state index contributed by atoms with van der Waals surface area (Å²) in [4.78, 5) is 5.22. The third kappa shape index (κ3) is 2.88. The number of rotatable bonds is 3. The third-order valence-electron chi connectivity index (χ3n) is 1.35. The van der Waals surface area contributed by atoms with Crippen LogP contribution in [0.3, 0.4) is 0 Å². The van der Waals surface area contributed by atoms with E-state index in [2.05, 4.69) is 11.6 Å². The van der Waals surface area contributed by atoms with Crippen molar-refractivity contribution in [2.75, 3.05) is 5.75 Å². The van der Waals surface area contributed by atoms with Crippen molar-refractivity contribution in [3.8, 4) is 0 Å². The molecule has 1 heterocycles. The summed E-state index contributed by atoms with van der Waals surface area (Å²) in [5.41, 5.74) is 1.18. The molecular weight excluding hydrogens is 190 g/mol. The molecule has 0 aromatic carbocycles. The highest BCUT2D eigenvalue weighted by atomic mass is 35.5. The predicted octanol–water partition coefficient (Wildman–Crippen LogP) is 3.23. The van der Waals surface area contributed by atoms with Crippen LogP contribution in [0.15, 0.2) is 35.0 Å². The first-order valence-electron chi connectivity index (χ1n) is 3.57. The Morgan fingerprint density at radius 3 is 3.08 bits per heavy atom. The maximum absolute atomic E-state index is 5.65. The first-order valence-corrected chi connectivity index (χ1v) is 4.93. The Bertz CT molecular complexity index is 286. The number of halogens is 1. The van der Waals surface area contributed by atoms with Gasteiger partial charge in [-0.3, -0.25) is 4.98 Å². The van der Waals surface area contributed by atoms with Crippen LogP contribution in [-0.4, -0.2) is 10.7 Å². The molecule has 0 aliphatic rings. The van der Waals surface area contributed by atoms with Gasteiger partial charge in [0.15, 0.2) is 0 Å². The van der Waals surface area contributed by atoms with Gasteiger partial charge in [0.05, 0.1) is 0 Å². The lowest BCUT2D eigenvalue weighted by Gasteiger charge is -2.02. The molecule has 0 fully saturated rings. The molecule has 0 unspecified atom stereocenters. The molecule has 0 atom stereocenters. The van der Waals surface area contributed by atoms with Crippen molar-refractivity contribution in [1.29, 1.82) is 0 Å². The smallest absolute Gasteiger partial charge is 0.0334 e. The molecule has 0 saturated carbocycles. The minimum Gasteiger partial charge on any atom is -0.264 e. The second-order valence-corrected chi connectivity index (χ2v) is 4.00. The summed E-state index contributed by atoms with van der Waals surface area (Å²) in [6.45, 7) is 5.66. The minimum atomic E-state index is 0.677. The molecule has 0 N–H and O–H groups in total. The largest absolute Gasteiger partial charge is 0.264 e. The summed E-state index contributed by atoms with van der Waals surface area (Å²) in [6, 6.07) is 1.99. The SMILES string of the molecule is C=C(Cl)CSc1ccncc1C. The zero-order chi connectivity index (χ0) is 8.97. The van der Waals surface area contributed by atoms with Crippen molar-refractivity contribution in [3.05, 3.63) is 35.6 Å². The van der Waals surface area contributed by atoms with E-state index in [1.54, 1.807) is 18.0 Å². The van der Waals surface area contributed by atoms with Crippen LogP contribution in [0, 0.1) is 6.92 Å². The fourth-order valence-corrected chi connectivity index (χ4v) is 1.69. The van der Waals surface area contributed by atoms with E-state index in [1.165, 1.54) is 10.5 Å². The minimum absolute atomic E-state index is 0.677. The van der Waals surface area contributed by atoms with Crippen molar-refractivity contribution >= 4 is 23.4 Å². The number of hydrogen-bond acceptors (Lipinski definition) is 2. The van der Waals surface area contributed by atoms with Gasteiger partial charge in [-0.15, -0.1) is 11.8 Å². The maximum Gasteiger partial charge on any atom is 0.0334 e. The summed E-state index contributed by atoms with van der Waals surface area (Å²) in [5, 5.41) is 0.677. The van der Waals surface area contributed by atoms with E-state index in [0.29, 0.717) is 5.03 Å². The highest BCUT2D eigenvalue weighted by Crippen LogP contribution is 2.23. The summed E-state index contributed by atoms with van der Waals surface area (Å²) in [6.07, 6.45) is 3.63. The predicted molar refractivity (Wildman–Crippen MR) is 54.7 cm³/mol. The van der Waals surface area contributed by atoms with Crippen molar-refractivity contribution in [2.45, 2.75) is 11.8 Å². The first kappa shape index (κ1) is 9.62. The van der Waals surface area contributed by atoms with Crippen LogP contribution in [0.5, 0.6) is 0 Å². The first-order chi connectivity index (χ1) is 5.70. The van der Waals surface area contributed by atoms with Crippen LogP contribution in [0.1, 0.15) is 5.56 Å². The van der Waals surface area contributed by atoms with Crippen molar-refractivity contribution in [1.82, 2.24) is 4.98 Å². The highest BCUT2D eigenvalue weighted by molar-refractivity contribution is 7.99. The number of thioether (sulfide) groups is 1. The fourth-order valence-electron chi connectivity index (χ4n) is 0.779. The highest BCUT2D eigenvalue weighted by Gasteiger charge is 1.97. The number of nitrogens with zero attached hydrogens (tertiary/aromatic N) is 1. The molecule has 0 saturated heterocycles. The van der Waals surface area contributed by atoms with Crippen LogP contribution >= 0.6 is 23.4 Å². The number of hydrogen-bond donors (Lipinski definition) is 0. The molecule has 1 nitrogen and oxygen atoms in total. The molecular formula is C9H10ClNS. The molecule has 64 valence electrons. The quantitative estimate of drug-likeness (QED) is 0.694. The molecule has 1 aromatic rings. The van der Waals surface area contributed by atoms with Gasteiger partial charge in [-0.25, -0.2) is 0 Å². The fraction of sp³-hybridized carbons (Fsp3) is 0.222. The summed E-state index contributed by atoms with van der Waals surface area (Å²) < 4.78 is 0. The van der Waals surface area contributed by atoms with E-state index >= 15 is 0 Å². The third-order valence-corrected chi connectivity index (χ3v) is 2.91. The molecule has 0 spiro atoms. The molecule has 0 amide bonds. The van der Waals surface area contributed by atoms with Gasteiger partial charge in [-0.05, 0) is 18.6 Å². The topological polar surface area (TPSA) is 12.9 Å². The number of pyridine rings is 1. The molecule has 0 radical (unpaired) electrons. The zero-order valence-corrected chi connectivity index (χ0v) is 8.45. The van der Waals surface area contributed by atoms with E-state index in [4.69, 9.17) is 11.6 Å². The zero-order valence-electron chi connectivity index (χ0n) is 6.88. The van der Waals surface area contributed by atoms with Crippen molar-refractivity contribution in [3.63, 3.8) is 0 Å². The molecule has 12 heavy (non-hydrogen) atoms. The van der Waals surface area contributed by atoms with Crippen molar-refractivity contribution < 1.29 is 0 Å². The van der Waals surface area contributed by atoms with E-state index in [1.807, 2.05) is 19.2 Å². The second-order valence-electron chi connectivity index (χ2n) is 2.45. The molecule has 3 heteroatoms. The van der Waals surface area contributed by atoms with Gasteiger partial charge in [0.2, 0.25) is 0 Å². The van der Waals surface area contributed by atoms with Gasteiger partial charge in [-0.2, -0.15) is 0 Å². The van der Waals surface area contributed by atoms with E-state index in [0.717, 1.165) is 5.75 Å². The Balaban J connectivity index is 2.63. The Hall–Kier alpha value is -0.470. The Kier molecular flexibility index (Phi) is 3.63. The van der Waals surface area contributed by atoms with Gasteiger partial charge in [-0.1, -0.05) is 18.2 Å².